The lowest BCUT2D eigenvalue weighted by Gasteiger charge is -2.12. The van der Waals surface area contributed by atoms with Crippen molar-refractivity contribution >= 4 is 35.0 Å². The van der Waals surface area contributed by atoms with Crippen LogP contribution in [0.2, 0.25) is 0 Å². The number of benzene rings is 2. The Labute approximate surface area is 158 Å². The van der Waals surface area contributed by atoms with Gasteiger partial charge in [-0.3, -0.25) is 14.9 Å². The molecule has 0 unspecified atom stereocenters. The maximum absolute atomic E-state index is 13.7. The summed E-state index contributed by atoms with van der Waals surface area (Å²) in [4.78, 5) is 35.3. The van der Waals surface area contributed by atoms with E-state index < -0.39 is 22.9 Å². The Morgan fingerprint density at radius 1 is 1.19 bits per heavy atom. The van der Waals surface area contributed by atoms with Crippen LogP contribution in [0.1, 0.15) is 22.8 Å². The summed E-state index contributed by atoms with van der Waals surface area (Å²) in [6.07, 6.45) is 1.52. The zero-order valence-corrected chi connectivity index (χ0v) is 15.0. The molecule has 3 rings (SSSR count). The Kier molecular flexibility index (Phi) is 5.56. The zero-order chi connectivity index (χ0) is 19.4. The lowest BCUT2D eigenvalue weighted by Crippen LogP contribution is -2.17. The van der Waals surface area contributed by atoms with Crippen molar-refractivity contribution in [3.05, 3.63) is 64.3 Å². The van der Waals surface area contributed by atoms with E-state index in [9.17, 15) is 18.8 Å². The molecule has 8 heteroatoms. The van der Waals surface area contributed by atoms with Gasteiger partial charge in [-0.15, -0.1) is 0 Å². The average Bonchev–Trinajstić information content (AvgIpc) is 2.95. The molecule has 0 atom stereocenters. The van der Waals surface area contributed by atoms with Gasteiger partial charge in [0.1, 0.15) is 5.82 Å². The molecule has 2 amide bonds. The highest BCUT2D eigenvalue weighted by Gasteiger charge is 2.25. The molecule has 0 spiro atoms. The predicted molar refractivity (Wildman–Crippen MR) is 98.1 cm³/mol. The summed E-state index contributed by atoms with van der Waals surface area (Å²) in [6, 6.07) is 10.1. The highest BCUT2D eigenvalue weighted by molar-refractivity contribution is 8.18. The van der Waals surface area contributed by atoms with E-state index in [1.165, 1.54) is 36.4 Å². The van der Waals surface area contributed by atoms with Gasteiger partial charge in [-0.05, 0) is 54.6 Å². The number of imide groups is 1. The van der Waals surface area contributed by atoms with Gasteiger partial charge >= 0.3 is 5.97 Å². The molecule has 1 saturated heterocycles. The Morgan fingerprint density at radius 3 is 2.63 bits per heavy atom. The molecule has 0 bridgehead atoms. The number of rotatable bonds is 5. The second-order valence-corrected chi connectivity index (χ2v) is 6.38. The summed E-state index contributed by atoms with van der Waals surface area (Å²) in [6.45, 7) is 2.06. The molecule has 27 heavy (non-hydrogen) atoms. The fraction of sp³-hybridized carbons (Fsp3) is 0.105. The molecule has 138 valence electrons. The van der Waals surface area contributed by atoms with Gasteiger partial charge in [-0.25, -0.2) is 9.18 Å². The van der Waals surface area contributed by atoms with Gasteiger partial charge in [0.05, 0.1) is 17.1 Å². The van der Waals surface area contributed by atoms with Crippen molar-refractivity contribution in [3.63, 3.8) is 0 Å². The highest BCUT2D eigenvalue weighted by Crippen LogP contribution is 2.32. The summed E-state index contributed by atoms with van der Waals surface area (Å²) < 4.78 is 24.5. The predicted octanol–water partition coefficient (Wildman–Crippen LogP) is 3.77. The van der Waals surface area contributed by atoms with Crippen LogP contribution in [0.4, 0.5) is 9.18 Å². The molecule has 1 heterocycles. The van der Waals surface area contributed by atoms with E-state index in [2.05, 4.69) is 5.32 Å². The third kappa shape index (κ3) is 4.35. The van der Waals surface area contributed by atoms with Gasteiger partial charge in [0.15, 0.2) is 11.5 Å². The van der Waals surface area contributed by atoms with E-state index in [1.807, 2.05) is 0 Å². The molecule has 1 aliphatic heterocycles. The van der Waals surface area contributed by atoms with Crippen LogP contribution in [0.3, 0.4) is 0 Å². The van der Waals surface area contributed by atoms with E-state index in [1.54, 1.807) is 19.1 Å². The van der Waals surface area contributed by atoms with Gasteiger partial charge in [0, 0.05) is 0 Å². The Bertz CT molecular complexity index is 957. The summed E-state index contributed by atoms with van der Waals surface area (Å²) in [5.74, 6) is -1.64. The number of halogens is 1. The second-order valence-electron chi connectivity index (χ2n) is 5.36. The van der Waals surface area contributed by atoms with Crippen LogP contribution >= 0.6 is 11.8 Å². The minimum atomic E-state index is -0.850. The number of carbonyl (C=O) groups excluding carboxylic acids is 3. The van der Waals surface area contributed by atoms with Gasteiger partial charge in [-0.2, -0.15) is 0 Å². The molecule has 6 nitrogen and oxygen atoms in total. The number of amides is 2. The van der Waals surface area contributed by atoms with Crippen LogP contribution in [0.15, 0.2) is 47.4 Å². The molecular formula is C19H14FNO5S. The molecule has 1 N–H and O–H groups in total. The number of esters is 1. The Balaban J connectivity index is 1.87. The van der Waals surface area contributed by atoms with Crippen LogP contribution in [0.5, 0.6) is 11.5 Å². The third-order valence-corrected chi connectivity index (χ3v) is 4.31. The third-order valence-electron chi connectivity index (χ3n) is 3.50. The van der Waals surface area contributed by atoms with E-state index in [4.69, 9.17) is 9.47 Å². The van der Waals surface area contributed by atoms with Gasteiger partial charge in [-0.1, -0.05) is 18.2 Å². The van der Waals surface area contributed by atoms with Crippen molar-refractivity contribution in [2.45, 2.75) is 6.92 Å². The summed E-state index contributed by atoms with van der Waals surface area (Å²) >= 11 is 0.795. The van der Waals surface area contributed by atoms with Crippen molar-refractivity contribution in [3.8, 4) is 11.5 Å². The summed E-state index contributed by atoms with van der Waals surface area (Å²) in [5, 5.41) is 1.73. The first-order valence-electron chi connectivity index (χ1n) is 7.96. The van der Waals surface area contributed by atoms with Crippen molar-refractivity contribution in [1.29, 1.82) is 0 Å². The average molecular weight is 387 g/mol. The van der Waals surface area contributed by atoms with Crippen LogP contribution in [-0.4, -0.2) is 23.7 Å². The number of nitrogens with one attached hydrogen (secondary N) is 1. The van der Waals surface area contributed by atoms with Crippen LogP contribution < -0.4 is 14.8 Å². The minimum Gasteiger partial charge on any atom is -0.490 e. The quantitative estimate of drug-likeness (QED) is 0.478. The van der Waals surface area contributed by atoms with Crippen LogP contribution in [0, 0.1) is 5.82 Å². The van der Waals surface area contributed by atoms with Gasteiger partial charge < -0.3 is 9.47 Å². The molecule has 0 radical (unpaired) electrons. The van der Waals surface area contributed by atoms with E-state index in [0.717, 1.165) is 11.8 Å². The molecule has 0 aromatic heterocycles. The molecule has 0 aliphatic carbocycles. The first-order valence-corrected chi connectivity index (χ1v) is 8.78. The normalized spacial score (nSPS) is 15.0. The molecule has 1 fully saturated rings. The largest absolute Gasteiger partial charge is 0.490 e. The Hall–Kier alpha value is -3.13. The van der Waals surface area contributed by atoms with Crippen molar-refractivity contribution < 1.29 is 28.2 Å². The number of ether oxygens (including phenoxy) is 2. The van der Waals surface area contributed by atoms with Gasteiger partial charge in [0.25, 0.3) is 11.1 Å². The van der Waals surface area contributed by atoms with E-state index in [-0.39, 0.29) is 22.0 Å². The van der Waals surface area contributed by atoms with Crippen LogP contribution in [0.25, 0.3) is 6.08 Å². The molecule has 0 saturated carbocycles. The van der Waals surface area contributed by atoms with Crippen molar-refractivity contribution in [2.24, 2.45) is 0 Å². The second kappa shape index (κ2) is 8.05. The van der Waals surface area contributed by atoms with Crippen molar-refractivity contribution in [1.82, 2.24) is 5.32 Å². The zero-order valence-electron chi connectivity index (χ0n) is 14.2. The minimum absolute atomic E-state index is 0.117. The monoisotopic (exact) mass is 387 g/mol. The Morgan fingerprint density at radius 2 is 1.96 bits per heavy atom. The molecule has 2 aromatic rings. The molecule has 2 aromatic carbocycles. The number of hydrogen-bond acceptors (Lipinski definition) is 6. The van der Waals surface area contributed by atoms with Crippen LogP contribution in [-0.2, 0) is 4.79 Å². The van der Waals surface area contributed by atoms with E-state index in [0.29, 0.717) is 12.2 Å². The number of thioether (sulfide) groups is 1. The molecule has 1 aliphatic rings. The highest BCUT2D eigenvalue weighted by atomic mass is 32.2. The van der Waals surface area contributed by atoms with Crippen molar-refractivity contribution in [2.75, 3.05) is 6.61 Å². The fourth-order valence-electron chi connectivity index (χ4n) is 2.32. The SMILES string of the molecule is CCOc1cc(/C=C2/SC(=O)NC2=O)ccc1OC(=O)c1ccccc1F. The summed E-state index contributed by atoms with van der Waals surface area (Å²) in [5.41, 5.74) is 0.389. The topological polar surface area (TPSA) is 81.7 Å². The lowest BCUT2D eigenvalue weighted by molar-refractivity contribution is -0.115. The summed E-state index contributed by atoms with van der Waals surface area (Å²) in [7, 11) is 0. The van der Waals surface area contributed by atoms with Gasteiger partial charge in [0.2, 0.25) is 0 Å². The lowest BCUT2D eigenvalue weighted by atomic mass is 10.1. The van der Waals surface area contributed by atoms with E-state index >= 15 is 0 Å². The standard InChI is InChI=1S/C19H14FNO5S/c1-2-25-15-9-11(10-16-17(22)21-19(24)27-16)7-8-14(15)26-18(23)12-5-3-4-6-13(12)20/h3-10H,2H2,1H3,(H,21,22,24)/b16-10+. The maximum Gasteiger partial charge on any atom is 0.346 e. The number of hydrogen-bond donors (Lipinski definition) is 1. The molecular weight excluding hydrogens is 373 g/mol. The first kappa shape index (κ1) is 18.7. The fourth-order valence-corrected chi connectivity index (χ4v) is 3.00. The number of carbonyl (C=O) groups is 3. The maximum atomic E-state index is 13.7. The first-order chi connectivity index (χ1) is 13.0. The smallest absolute Gasteiger partial charge is 0.346 e.